The zero-order valence-corrected chi connectivity index (χ0v) is 20.5. The van der Waals surface area contributed by atoms with Crippen LogP contribution in [0.25, 0.3) is 5.57 Å². The molecule has 0 saturated heterocycles. The first kappa shape index (κ1) is 23.0. The molecule has 1 aromatic heterocycles. The predicted octanol–water partition coefficient (Wildman–Crippen LogP) is 2.96. The summed E-state index contributed by atoms with van der Waals surface area (Å²) in [5.41, 5.74) is 2.69. The molecule has 0 spiro atoms. The van der Waals surface area contributed by atoms with Gasteiger partial charge in [0.05, 0.1) is 35.7 Å². The third kappa shape index (κ3) is 3.57. The molecule has 7 nitrogen and oxygen atoms in total. The molecule has 3 aromatic rings. The standard InChI is InChI=1S/C26H20ClN3O4S/c1-4-13-29-18-8-6-5-7-17(18)20(23(29)31)22-24(32)30-21(15-9-11-16(27)12-10-15)19(25(33)34-3)14(2)28-26(30)35-22/h4-12,21H,1,13H2,2-3H3/b22-20+. The highest BCUT2D eigenvalue weighted by Gasteiger charge is 2.36. The Morgan fingerprint density at radius 1 is 1.20 bits per heavy atom. The molecule has 1 atom stereocenters. The predicted molar refractivity (Wildman–Crippen MR) is 135 cm³/mol. The van der Waals surface area contributed by atoms with Crippen LogP contribution >= 0.6 is 22.9 Å². The third-order valence-corrected chi connectivity index (χ3v) is 7.36. The molecule has 0 saturated carbocycles. The van der Waals surface area contributed by atoms with E-state index < -0.39 is 17.6 Å². The molecule has 9 heteroatoms. The van der Waals surface area contributed by atoms with Crippen LogP contribution in [0.2, 0.25) is 5.02 Å². The maximum absolute atomic E-state index is 13.9. The number of amides is 1. The van der Waals surface area contributed by atoms with Gasteiger partial charge in [0.2, 0.25) is 0 Å². The molecular formula is C26H20ClN3O4S. The summed E-state index contributed by atoms with van der Waals surface area (Å²) in [6, 6.07) is 13.5. The molecule has 1 unspecified atom stereocenters. The maximum Gasteiger partial charge on any atom is 0.338 e. The quantitative estimate of drug-likeness (QED) is 0.403. The van der Waals surface area contributed by atoms with Gasteiger partial charge in [-0.1, -0.05) is 59.3 Å². The van der Waals surface area contributed by atoms with Crippen molar-refractivity contribution in [1.82, 2.24) is 4.57 Å². The number of para-hydroxylation sites is 1. The molecule has 0 N–H and O–H groups in total. The SMILES string of the molecule is C=CCN1C(=O)/C(=c2/sc3n(c2=O)C(c2ccc(Cl)cc2)C(C(=O)OC)=C(C)N=3)c2ccccc21. The highest BCUT2D eigenvalue weighted by atomic mass is 35.5. The van der Waals surface area contributed by atoms with E-state index >= 15 is 0 Å². The van der Waals surface area contributed by atoms with E-state index in [0.717, 1.165) is 17.0 Å². The number of thiazole rings is 1. The number of hydrogen-bond donors (Lipinski definition) is 0. The molecule has 35 heavy (non-hydrogen) atoms. The molecule has 0 fully saturated rings. The van der Waals surface area contributed by atoms with Gasteiger partial charge in [0.25, 0.3) is 11.5 Å². The molecule has 2 aliphatic rings. The summed E-state index contributed by atoms with van der Waals surface area (Å²) in [5, 5.41) is 0.527. The molecule has 5 rings (SSSR count). The number of rotatable bonds is 4. The van der Waals surface area contributed by atoms with Gasteiger partial charge in [-0.25, -0.2) is 9.79 Å². The molecule has 0 aliphatic carbocycles. The van der Waals surface area contributed by atoms with Gasteiger partial charge in [-0.15, -0.1) is 6.58 Å². The van der Waals surface area contributed by atoms with Crippen molar-refractivity contribution in [1.29, 1.82) is 0 Å². The molecule has 0 bridgehead atoms. The van der Waals surface area contributed by atoms with Crippen LogP contribution in [0.4, 0.5) is 5.69 Å². The van der Waals surface area contributed by atoms with Crippen molar-refractivity contribution in [3.8, 4) is 0 Å². The van der Waals surface area contributed by atoms with Crippen LogP contribution in [0, 0.1) is 0 Å². The summed E-state index contributed by atoms with van der Waals surface area (Å²) < 4.78 is 6.76. The van der Waals surface area contributed by atoms with Crippen molar-refractivity contribution in [2.75, 3.05) is 18.6 Å². The Kier molecular flexibility index (Phi) is 5.78. The molecule has 2 aliphatic heterocycles. The third-order valence-electron chi connectivity index (χ3n) is 6.05. The van der Waals surface area contributed by atoms with Gasteiger partial charge in [0, 0.05) is 17.1 Å². The number of allylic oxidation sites excluding steroid dienone is 1. The zero-order chi connectivity index (χ0) is 24.9. The number of esters is 1. The van der Waals surface area contributed by atoms with Crippen molar-refractivity contribution >= 4 is 46.1 Å². The van der Waals surface area contributed by atoms with E-state index in [-0.39, 0.29) is 16.0 Å². The number of ether oxygens (including phenoxy) is 1. The van der Waals surface area contributed by atoms with Crippen LogP contribution < -0.4 is 19.8 Å². The second kappa shape index (κ2) is 8.79. The lowest BCUT2D eigenvalue weighted by Crippen LogP contribution is -2.40. The number of anilines is 1. The van der Waals surface area contributed by atoms with E-state index in [0.29, 0.717) is 38.8 Å². The Hall–Kier alpha value is -3.75. The first-order valence-electron chi connectivity index (χ1n) is 10.8. The minimum Gasteiger partial charge on any atom is -0.466 e. The summed E-state index contributed by atoms with van der Waals surface area (Å²) >= 11 is 7.22. The average molecular weight is 506 g/mol. The van der Waals surface area contributed by atoms with Crippen LogP contribution in [0.15, 0.2) is 82.2 Å². The number of halogens is 1. The van der Waals surface area contributed by atoms with E-state index in [4.69, 9.17) is 16.3 Å². The highest BCUT2D eigenvalue weighted by Crippen LogP contribution is 2.35. The van der Waals surface area contributed by atoms with Crippen LogP contribution in [0.3, 0.4) is 0 Å². The molecule has 3 heterocycles. The van der Waals surface area contributed by atoms with E-state index in [9.17, 15) is 14.4 Å². The normalized spacial score (nSPS) is 18.2. The van der Waals surface area contributed by atoms with Crippen molar-refractivity contribution < 1.29 is 14.3 Å². The van der Waals surface area contributed by atoms with Crippen molar-refractivity contribution in [2.45, 2.75) is 13.0 Å². The Morgan fingerprint density at radius 3 is 2.60 bits per heavy atom. The molecule has 176 valence electrons. The van der Waals surface area contributed by atoms with Gasteiger partial charge in [-0.2, -0.15) is 0 Å². The van der Waals surface area contributed by atoms with Gasteiger partial charge in [-0.05, 0) is 30.7 Å². The van der Waals surface area contributed by atoms with Crippen molar-refractivity contribution in [3.63, 3.8) is 0 Å². The van der Waals surface area contributed by atoms with Crippen molar-refractivity contribution in [3.05, 3.63) is 108 Å². The second-order valence-electron chi connectivity index (χ2n) is 8.04. The van der Waals surface area contributed by atoms with E-state index in [2.05, 4.69) is 11.6 Å². The van der Waals surface area contributed by atoms with Gasteiger partial charge in [0.15, 0.2) is 4.80 Å². The van der Waals surface area contributed by atoms with Crippen LogP contribution in [0.1, 0.15) is 24.1 Å². The topological polar surface area (TPSA) is 81.0 Å². The van der Waals surface area contributed by atoms with Crippen LogP contribution in [0.5, 0.6) is 0 Å². The largest absolute Gasteiger partial charge is 0.466 e. The minimum absolute atomic E-state index is 0.255. The Morgan fingerprint density at radius 2 is 1.91 bits per heavy atom. The van der Waals surface area contributed by atoms with Gasteiger partial charge in [0.1, 0.15) is 4.53 Å². The number of benzene rings is 2. The lowest BCUT2D eigenvalue weighted by molar-refractivity contribution is -0.136. The monoisotopic (exact) mass is 505 g/mol. The number of aromatic nitrogens is 1. The fourth-order valence-corrected chi connectivity index (χ4v) is 5.78. The van der Waals surface area contributed by atoms with Crippen LogP contribution in [-0.4, -0.2) is 30.1 Å². The zero-order valence-electron chi connectivity index (χ0n) is 18.9. The number of methoxy groups -OCH3 is 1. The number of carbonyl (C=O) groups excluding carboxylic acids is 2. The fourth-order valence-electron chi connectivity index (χ4n) is 4.51. The minimum atomic E-state index is -0.777. The summed E-state index contributed by atoms with van der Waals surface area (Å²) in [6.07, 6.45) is 1.64. The summed E-state index contributed by atoms with van der Waals surface area (Å²) in [5.74, 6) is -0.855. The summed E-state index contributed by atoms with van der Waals surface area (Å²) in [7, 11) is 1.29. The lowest BCUT2D eigenvalue weighted by atomic mass is 9.96. The van der Waals surface area contributed by atoms with E-state index in [1.165, 1.54) is 11.7 Å². The van der Waals surface area contributed by atoms with E-state index in [1.54, 1.807) is 42.2 Å². The van der Waals surface area contributed by atoms with Crippen molar-refractivity contribution in [2.24, 2.45) is 4.99 Å². The van der Waals surface area contributed by atoms with Gasteiger partial charge < -0.3 is 9.64 Å². The lowest BCUT2D eigenvalue weighted by Gasteiger charge is -2.24. The smallest absolute Gasteiger partial charge is 0.338 e. The molecular weight excluding hydrogens is 486 g/mol. The maximum atomic E-state index is 13.9. The molecule has 0 radical (unpaired) electrons. The number of fused-ring (bicyclic) bond motifs is 2. The average Bonchev–Trinajstić information content (AvgIpc) is 3.31. The summed E-state index contributed by atoms with van der Waals surface area (Å²) in [4.78, 5) is 46.7. The first-order chi connectivity index (χ1) is 16.9. The summed E-state index contributed by atoms with van der Waals surface area (Å²) in [6.45, 7) is 5.77. The molecule has 1 amide bonds. The van der Waals surface area contributed by atoms with Gasteiger partial charge in [-0.3, -0.25) is 14.2 Å². The second-order valence-corrected chi connectivity index (χ2v) is 9.46. The fraction of sp³-hybridized carbons (Fsp3) is 0.154. The van der Waals surface area contributed by atoms with Gasteiger partial charge >= 0.3 is 5.97 Å². The Labute approximate surface area is 209 Å². The number of hydrogen-bond acceptors (Lipinski definition) is 6. The van der Waals surface area contributed by atoms with Crippen LogP contribution in [-0.2, 0) is 14.3 Å². The Bertz CT molecular complexity index is 1620. The highest BCUT2D eigenvalue weighted by molar-refractivity contribution is 7.07. The number of nitrogens with zero attached hydrogens (tertiary/aromatic N) is 3. The number of carbonyl (C=O) groups is 2. The Balaban J connectivity index is 1.83. The molecule has 2 aromatic carbocycles. The first-order valence-corrected chi connectivity index (χ1v) is 12.0. The van der Waals surface area contributed by atoms with E-state index in [1.807, 2.05) is 24.3 Å².